The molecule has 0 aliphatic rings. The van der Waals surface area contributed by atoms with Crippen LogP contribution in [0.3, 0.4) is 0 Å². The molecule has 0 unspecified atom stereocenters. The largest absolute Gasteiger partial charge is 0.309 e. The highest BCUT2D eigenvalue weighted by molar-refractivity contribution is 6.25. The summed E-state index contributed by atoms with van der Waals surface area (Å²) in [5.41, 5.74) is 4.01. The van der Waals surface area contributed by atoms with Gasteiger partial charge in [-0.1, -0.05) is 17.7 Å². The Morgan fingerprint density at radius 3 is 3.15 bits per heavy atom. The number of nitrogens with one attached hydrogen (secondary N) is 1. The van der Waals surface area contributed by atoms with Crippen molar-refractivity contribution < 1.29 is 0 Å². The highest BCUT2D eigenvalue weighted by Crippen LogP contribution is 2.03. The standard InChI is InChI=1S/C10H13ClN2/c1-9-3-6-13-8-10(9)7-12-5-2-4-11/h2-4,6,8,12H,5,7H2,1H3/b4-2+. The summed E-state index contributed by atoms with van der Waals surface area (Å²) < 4.78 is 0. The number of pyridine rings is 1. The fourth-order valence-corrected chi connectivity index (χ4v) is 1.11. The molecule has 70 valence electrons. The van der Waals surface area contributed by atoms with Gasteiger partial charge < -0.3 is 5.32 Å². The topological polar surface area (TPSA) is 24.9 Å². The van der Waals surface area contributed by atoms with E-state index in [1.54, 1.807) is 6.20 Å². The highest BCUT2D eigenvalue weighted by Gasteiger charge is 1.94. The third-order valence-corrected chi connectivity index (χ3v) is 1.99. The van der Waals surface area contributed by atoms with Gasteiger partial charge in [-0.15, -0.1) is 0 Å². The molecule has 1 N–H and O–H groups in total. The van der Waals surface area contributed by atoms with Crippen LogP contribution in [-0.2, 0) is 6.54 Å². The van der Waals surface area contributed by atoms with Crippen LogP contribution in [0.5, 0.6) is 0 Å². The zero-order valence-electron chi connectivity index (χ0n) is 7.63. The minimum absolute atomic E-state index is 0.790. The molecule has 1 heterocycles. The Kier molecular flexibility index (Phi) is 4.50. The Bertz CT molecular complexity index is 284. The predicted octanol–water partition coefficient (Wildman–Crippen LogP) is 2.23. The van der Waals surface area contributed by atoms with Gasteiger partial charge in [-0.2, -0.15) is 0 Å². The number of aromatic nitrogens is 1. The van der Waals surface area contributed by atoms with Gasteiger partial charge in [0.1, 0.15) is 0 Å². The van der Waals surface area contributed by atoms with Crippen molar-refractivity contribution in [1.82, 2.24) is 10.3 Å². The molecule has 0 spiro atoms. The van der Waals surface area contributed by atoms with Crippen LogP contribution < -0.4 is 5.32 Å². The van der Waals surface area contributed by atoms with E-state index < -0.39 is 0 Å². The summed E-state index contributed by atoms with van der Waals surface area (Å²) in [7, 11) is 0. The average Bonchev–Trinajstić information content (AvgIpc) is 2.15. The molecule has 0 radical (unpaired) electrons. The van der Waals surface area contributed by atoms with Crippen molar-refractivity contribution in [3.8, 4) is 0 Å². The second kappa shape index (κ2) is 5.73. The average molecular weight is 197 g/mol. The van der Waals surface area contributed by atoms with E-state index in [9.17, 15) is 0 Å². The van der Waals surface area contributed by atoms with Crippen LogP contribution in [0.25, 0.3) is 0 Å². The number of aryl methyl sites for hydroxylation is 1. The van der Waals surface area contributed by atoms with Crippen molar-refractivity contribution in [3.05, 3.63) is 41.2 Å². The lowest BCUT2D eigenvalue weighted by molar-refractivity contribution is 0.753. The van der Waals surface area contributed by atoms with Crippen molar-refractivity contribution in [1.29, 1.82) is 0 Å². The summed E-state index contributed by atoms with van der Waals surface area (Å²) in [6.45, 7) is 3.70. The Balaban J connectivity index is 2.41. The van der Waals surface area contributed by atoms with Gasteiger partial charge in [0.25, 0.3) is 0 Å². The summed E-state index contributed by atoms with van der Waals surface area (Å²) in [6.07, 6.45) is 5.55. The first kappa shape index (κ1) is 10.2. The monoisotopic (exact) mass is 196 g/mol. The zero-order valence-corrected chi connectivity index (χ0v) is 8.38. The quantitative estimate of drug-likeness (QED) is 0.748. The van der Waals surface area contributed by atoms with E-state index in [0.29, 0.717) is 0 Å². The van der Waals surface area contributed by atoms with E-state index in [4.69, 9.17) is 11.6 Å². The van der Waals surface area contributed by atoms with Crippen molar-refractivity contribution in [2.75, 3.05) is 6.54 Å². The molecule has 0 aromatic carbocycles. The second-order valence-corrected chi connectivity index (χ2v) is 3.05. The number of hydrogen-bond acceptors (Lipinski definition) is 2. The molecular formula is C10H13ClN2. The highest BCUT2D eigenvalue weighted by atomic mass is 35.5. The van der Waals surface area contributed by atoms with Crippen molar-refractivity contribution in [2.24, 2.45) is 0 Å². The van der Waals surface area contributed by atoms with E-state index in [1.807, 2.05) is 18.3 Å². The molecule has 13 heavy (non-hydrogen) atoms. The van der Waals surface area contributed by atoms with Crippen molar-refractivity contribution in [2.45, 2.75) is 13.5 Å². The Hall–Kier alpha value is -0.860. The maximum absolute atomic E-state index is 5.38. The summed E-state index contributed by atoms with van der Waals surface area (Å²) in [5, 5.41) is 3.23. The maximum Gasteiger partial charge on any atom is 0.0315 e. The third-order valence-electron chi connectivity index (χ3n) is 1.81. The minimum Gasteiger partial charge on any atom is -0.309 e. The molecule has 0 fully saturated rings. The summed E-state index contributed by atoms with van der Waals surface area (Å²) in [6, 6.07) is 2.01. The van der Waals surface area contributed by atoms with Gasteiger partial charge in [-0.25, -0.2) is 0 Å². The fourth-order valence-electron chi connectivity index (χ4n) is 1.02. The minimum atomic E-state index is 0.790. The van der Waals surface area contributed by atoms with Crippen molar-refractivity contribution in [3.63, 3.8) is 0 Å². The molecule has 0 aliphatic carbocycles. The summed E-state index contributed by atoms with van der Waals surface area (Å²) in [4.78, 5) is 4.06. The normalized spacial score (nSPS) is 10.9. The fraction of sp³-hybridized carbons (Fsp3) is 0.300. The Labute approximate surface area is 83.6 Å². The van der Waals surface area contributed by atoms with E-state index >= 15 is 0 Å². The first-order valence-corrected chi connectivity index (χ1v) is 4.63. The van der Waals surface area contributed by atoms with Crippen LogP contribution >= 0.6 is 11.6 Å². The van der Waals surface area contributed by atoms with Crippen LogP contribution in [0, 0.1) is 6.92 Å². The van der Waals surface area contributed by atoms with Gasteiger partial charge in [-0.05, 0) is 24.1 Å². The molecule has 1 rings (SSSR count). The zero-order chi connectivity index (χ0) is 9.52. The maximum atomic E-state index is 5.38. The molecule has 0 saturated carbocycles. The molecular weight excluding hydrogens is 184 g/mol. The van der Waals surface area contributed by atoms with E-state index in [2.05, 4.69) is 17.2 Å². The predicted molar refractivity (Wildman–Crippen MR) is 55.7 cm³/mol. The molecule has 0 atom stereocenters. The van der Waals surface area contributed by atoms with Gasteiger partial charge in [0.2, 0.25) is 0 Å². The number of hydrogen-bond donors (Lipinski definition) is 1. The van der Waals surface area contributed by atoms with Gasteiger partial charge in [0.05, 0.1) is 0 Å². The van der Waals surface area contributed by atoms with Gasteiger partial charge in [0.15, 0.2) is 0 Å². The van der Waals surface area contributed by atoms with Crippen molar-refractivity contribution >= 4 is 11.6 Å². The van der Waals surface area contributed by atoms with Crippen LogP contribution in [0.1, 0.15) is 11.1 Å². The first-order chi connectivity index (χ1) is 6.34. The summed E-state index contributed by atoms with van der Waals surface area (Å²) in [5.74, 6) is 0. The second-order valence-electron chi connectivity index (χ2n) is 2.79. The van der Waals surface area contributed by atoms with Gasteiger partial charge in [0, 0.05) is 31.0 Å². The molecule has 0 amide bonds. The lowest BCUT2D eigenvalue weighted by atomic mass is 10.2. The molecule has 0 bridgehead atoms. The molecule has 0 saturated heterocycles. The lowest BCUT2D eigenvalue weighted by Gasteiger charge is -2.04. The van der Waals surface area contributed by atoms with E-state index in [-0.39, 0.29) is 0 Å². The molecule has 1 aromatic rings. The van der Waals surface area contributed by atoms with Crippen LogP contribution in [0.2, 0.25) is 0 Å². The number of nitrogens with zero attached hydrogens (tertiary/aromatic N) is 1. The lowest BCUT2D eigenvalue weighted by Crippen LogP contribution is -2.13. The Morgan fingerprint density at radius 2 is 2.46 bits per heavy atom. The molecule has 0 aliphatic heterocycles. The van der Waals surface area contributed by atoms with E-state index in [0.717, 1.165) is 13.1 Å². The summed E-state index contributed by atoms with van der Waals surface area (Å²) >= 11 is 5.38. The van der Waals surface area contributed by atoms with Crippen LogP contribution in [-0.4, -0.2) is 11.5 Å². The third kappa shape index (κ3) is 3.57. The Morgan fingerprint density at radius 1 is 1.62 bits per heavy atom. The first-order valence-electron chi connectivity index (χ1n) is 4.20. The molecule has 2 nitrogen and oxygen atoms in total. The van der Waals surface area contributed by atoms with Gasteiger partial charge >= 0.3 is 0 Å². The number of rotatable bonds is 4. The van der Waals surface area contributed by atoms with Crippen LogP contribution in [0.4, 0.5) is 0 Å². The van der Waals surface area contributed by atoms with E-state index in [1.165, 1.54) is 16.7 Å². The SMILES string of the molecule is Cc1ccncc1CNC/C=C/Cl. The molecule has 1 aromatic heterocycles. The van der Waals surface area contributed by atoms with Crippen LogP contribution in [0.15, 0.2) is 30.1 Å². The molecule has 3 heteroatoms. The smallest absolute Gasteiger partial charge is 0.0315 e. The number of halogens is 1. The van der Waals surface area contributed by atoms with Gasteiger partial charge in [-0.3, -0.25) is 4.98 Å².